The number of amides is 1. The molecule has 1 aliphatic carbocycles. The summed E-state index contributed by atoms with van der Waals surface area (Å²) in [6.45, 7) is 4.63. The minimum atomic E-state index is -0.322. The van der Waals surface area contributed by atoms with Crippen molar-refractivity contribution < 1.29 is 14.3 Å². The van der Waals surface area contributed by atoms with Crippen LogP contribution in [0.3, 0.4) is 0 Å². The monoisotopic (exact) mass is 298 g/mol. The van der Waals surface area contributed by atoms with E-state index in [1.807, 2.05) is 0 Å². The molecule has 0 radical (unpaired) electrons. The number of hydrogen-bond donors (Lipinski definition) is 2. The Morgan fingerprint density at radius 2 is 1.86 bits per heavy atom. The van der Waals surface area contributed by atoms with E-state index in [2.05, 4.69) is 24.5 Å². The molecular formula is C16H30N2O3. The molecule has 1 unspecified atom stereocenters. The van der Waals surface area contributed by atoms with Crippen molar-refractivity contribution in [2.45, 2.75) is 70.9 Å². The van der Waals surface area contributed by atoms with Gasteiger partial charge in [0.05, 0.1) is 7.11 Å². The first-order valence-corrected chi connectivity index (χ1v) is 8.13. The number of carbonyl (C=O) groups excluding carboxylic acids is 2. The molecule has 1 amide bonds. The lowest BCUT2D eigenvalue weighted by molar-refractivity contribution is -0.143. The highest BCUT2D eigenvalue weighted by atomic mass is 16.5. The van der Waals surface area contributed by atoms with Crippen molar-refractivity contribution in [3.8, 4) is 0 Å². The van der Waals surface area contributed by atoms with Crippen molar-refractivity contribution in [2.24, 2.45) is 5.92 Å². The van der Waals surface area contributed by atoms with Gasteiger partial charge < -0.3 is 15.4 Å². The molecule has 0 spiro atoms. The molecule has 0 aromatic heterocycles. The zero-order chi connectivity index (χ0) is 15.7. The van der Waals surface area contributed by atoms with Gasteiger partial charge in [0.2, 0.25) is 5.91 Å². The third-order valence-electron chi connectivity index (χ3n) is 3.91. The number of methoxy groups -OCH3 is 1. The van der Waals surface area contributed by atoms with E-state index in [0.717, 1.165) is 19.3 Å². The van der Waals surface area contributed by atoms with Gasteiger partial charge in [-0.3, -0.25) is 9.59 Å². The summed E-state index contributed by atoms with van der Waals surface area (Å²) < 4.78 is 4.79. The molecule has 5 heteroatoms. The van der Waals surface area contributed by atoms with E-state index in [1.165, 1.54) is 26.4 Å². The number of esters is 1. The summed E-state index contributed by atoms with van der Waals surface area (Å²) in [6, 6.07) is 0.0239. The van der Waals surface area contributed by atoms with Gasteiger partial charge >= 0.3 is 5.97 Å². The largest absolute Gasteiger partial charge is 0.468 e. The normalized spacial score (nSPS) is 17.5. The van der Waals surface area contributed by atoms with Crippen LogP contribution in [0.4, 0.5) is 0 Å². The lowest BCUT2D eigenvalue weighted by Crippen LogP contribution is -2.42. The average molecular weight is 298 g/mol. The lowest BCUT2D eigenvalue weighted by Gasteiger charge is -2.23. The van der Waals surface area contributed by atoms with Gasteiger partial charge in [-0.2, -0.15) is 0 Å². The Kier molecular flexibility index (Phi) is 8.35. The van der Waals surface area contributed by atoms with Gasteiger partial charge in [-0.05, 0) is 25.2 Å². The Bertz CT molecular complexity index is 325. The van der Waals surface area contributed by atoms with Crippen LogP contribution in [-0.2, 0) is 14.3 Å². The van der Waals surface area contributed by atoms with Gasteiger partial charge in [-0.25, -0.2) is 0 Å². The number of ether oxygens (including phenoxy) is 1. The molecule has 1 aliphatic rings. The summed E-state index contributed by atoms with van der Waals surface area (Å²) >= 11 is 0. The fraction of sp³-hybridized carbons (Fsp3) is 0.875. The van der Waals surface area contributed by atoms with E-state index in [4.69, 9.17) is 4.74 Å². The summed E-state index contributed by atoms with van der Waals surface area (Å²) in [5.41, 5.74) is 0. The van der Waals surface area contributed by atoms with Gasteiger partial charge in [0.25, 0.3) is 0 Å². The maximum absolute atomic E-state index is 11.9. The molecule has 0 bridgehead atoms. The van der Waals surface area contributed by atoms with E-state index in [0.29, 0.717) is 24.9 Å². The van der Waals surface area contributed by atoms with Crippen LogP contribution in [-0.4, -0.2) is 37.6 Å². The van der Waals surface area contributed by atoms with Crippen LogP contribution in [0.15, 0.2) is 0 Å². The fourth-order valence-corrected chi connectivity index (χ4v) is 2.78. The van der Waals surface area contributed by atoms with Crippen molar-refractivity contribution in [1.29, 1.82) is 0 Å². The first-order valence-electron chi connectivity index (χ1n) is 8.13. The van der Waals surface area contributed by atoms with E-state index < -0.39 is 0 Å². The van der Waals surface area contributed by atoms with Gasteiger partial charge in [0.1, 0.15) is 6.04 Å². The van der Waals surface area contributed by atoms with Crippen LogP contribution in [0.5, 0.6) is 0 Å². The SMILES string of the molecule is COC(=O)C(CC(C)C)NCCC(=O)NC1CCCCC1. The summed E-state index contributed by atoms with van der Waals surface area (Å²) in [5.74, 6) is 0.219. The molecule has 2 N–H and O–H groups in total. The Labute approximate surface area is 128 Å². The first kappa shape index (κ1) is 18.0. The van der Waals surface area contributed by atoms with Crippen LogP contribution >= 0.6 is 0 Å². The maximum Gasteiger partial charge on any atom is 0.322 e. The molecule has 1 atom stereocenters. The van der Waals surface area contributed by atoms with Crippen LogP contribution < -0.4 is 10.6 Å². The first-order chi connectivity index (χ1) is 10.0. The molecule has 0 aliphatic heterocycles. The number of nitrogens with one attached hydrogen (secondary N) is 2. The minimum absolute atomic E-state index is 0.0718. The summed E-state index contributed by atoms with van der Waals surface area (Å²) in [7, 11) is 1.40. The Balaban J connectivity index is 2.25. The second-order valence-corrected chi connectivity index (χ2v) is 6.31. The molecular weight excluding hydrogens is 268 g/mol. The van der Waals surface area contributed by atoms with Gasteiger partial charge in [-0.1, -0.05) is 33.1 Å². The standard InChI is InChI=1S/C16H30N2O3/c1-12(2)11-14(16(20)21-3)17-10-9-15(19)18-13-7-5-4-6-8-13/h12-14,17H,4-11H2,1-3H3,(H,18,19). The maximum atomic E-state index is 11.9. The summed E-state index contributed by atoms with van der Waals surface area (Å²) in [6.07, 6.45) is 7.02. The van der Waals surface area contributed by atoms with Gasteiger partial charge in [0.15, 0.2) is 0 Å². The van der Waals surface area contributed by atoms with Crippen molar-refractivity contribution in [3.05, 3.63) is 0 Å². The van der Waals surface area contributed by atoms with Crippen molar-refractivity contribution in [2.75, 3.05) is 13.7 Å². The van der Waals surface area contributed by atoms with Crippen molar-refractivity contribution >= 4 is 11.9 Å². The molecule has 0 heterocycles. The highest BCUT2D eigenvalue weighted by Crippen LogP contribution is 2.17. The van der Waals surface area contributed by atoms with Crippen LogP contribution in [0.25, 0.3) is 0 Å². The molecule has 0 saturated heterocycles. The van der Waals surface area contributed by atoms with Gasteiger partial charge in [0, 0.05) is 19.0 Å². The second kappa shape index (κ2) is 9.77. The topological polar surface area (TPSA) is 67.4 Å². The van der Waals surface area contributed by atoms with E-state index >= 15 is 0 Å². The Hall–Kier alpha value is -1.10. The summed E-state index contributed by atoms with van der Waals surface area (Å²) in [5, 5.41) is 6.22. The molecule has 0 aromatic carbocycles. The predicted octanol–water partition coefficient (Wildman–Crippen LogP) is 2.00. The van der Waals surface area contributed by atoms with Crippen LogP contribution in [0.1, 0.15) is 58.8 Å². The Morgan fingerprint density at radius 1 is 1.19 bits per heavy atom. The quantitative estimate of drug-likeness (QED) is 0.673. The minimum Gasteiger partial charge on any atom is -0.468 e. The van der Waals surface area contributed by atoms with Crippen LogP contribution in [0.2, 0.25) is 0 Å². The highest BCUT2D eigenvalue weighted by molar-refractivity contribution is 5.77. The zero-order valence-corrected chi connectivity index (χ0v) is 13.6. The predicted molar refractivity (Wildman–Crippen MR) is 82.9 cm³/mol. The molecule has 1 rings (SSSR count). The summed E-state index contributed by atoms with van der Waals surface area (Å²) in [4.78, 5) is 23.5. The second-order valence-electron chi connectivity index (χ2n) is 6.31. The van der Waals surface area contributed by atoms with Crippen molar-refractivity contribution in [1.82, 2.24) is 10.6 Å². The Morgan fingerprint density at radius 3 is 2.43 bits per heavy atom. The lowest BCUT2D eigenvalue weighted by atomic mass is 9.95. The molecule has 1 fully saturated rings. The third kappa shape index (κ3) is 7.46. The van der Waals surface area contributed by atoms with Crippen molar-refractivity contribution in [3.63, 3.8) is 0 Å². The fourth-order valence-electron chi connectivity index (χ4n) is 2.78. The molecule has 1 saturated carbocycles. The molecule has 0 aromatic rings. The van der Waals surface area contributed by atoms with E-state index in [9.17, 15) is 9.59 Å². The highest BCUT2D eigenvalue weighted by Gasteiger charge is 2.20. The zero-order valence-electron chi connectivity index (χ0n) is 13.6. The van der Waals surface area contributed by atoms with Gasteiger partial charge in [-0.15, -0.1) is 0 Å². The number of rotatable bonds is 8. The van der Waals surface area contributed by atoms with Crippen LogP contribution in [0, 0.1) is 5.92 Å². The molecule has 122 valence electrons. The average Bonchev–Trinajstić information content (AvgIpc) is 2.46. The molecule has 21 heavy (non-hydrogen) atoms. The number of carbonyl (C=O) groups is 2. The number of hydrogen-bond acceptors (Lipinski definition) is 4. The third-order valence-corrected chi connectivity index (χ3v) is 3.91. The van der Waals surface area contributed by atoms with E-state index in [-0.39, 0.29) is 17.9 Å². The molecule has 5 nitrogen and oxygen atoms in total. The van der Waals surface area contributed by atoms with E-state index in [1.54, 1.807) is 0 Å². The smallest absolute Gasteiger partial charge is 0.322 e.